The maximum atomic E-state index is 4.67. The molecule has 0 atom stereocenters. The van der Waals surface area contributed by atoms with Crippen LogP contribution in [0.2, 0.25) is 0 Å². The number of hydrogen-bond acceptors (Lipinski definition) is 3. The molecule has 3 aromatic rings. The van der Waals surface area contributed by atoms with Gasteiger partial charge in [0.15, 0.2) is 0 Å². The summed E-state index contributed by atoms with van der Waals surface area (Å²) in [6.45, 7) is 5.00. The maximum Gasteiger partial charge on any atom is 0.113 e. The van der Waals surface area contributed by atoms with E-state index >= 15 is 0 Å². The minimum atomic E-state index is 0.822. The molecule has 4 heteroatoms. The van der Waals surface area contributed by atoms with Gasteiger partial charge in [0.2, 0.25) is 0 Å². The van der Waals surface area contributed by atoms with Gasteiger partial charge in [-0.2, -0.15) is 0 Å². The zero-order valence-corrected chi connectivity index (χ0v) is 11.4. The van der Waals surface area contributed by atoms with Crippen LogP contribution in [-0.2, 0) is 13.0 Å². The molecule has 0 saturated heterocycles. The first-order valence-electron chi connectivity index (χ1n) is 6.13. The number of aromatic nitrogens is 3. The van der Waals surface area contributed by atoms with Gasteiger partial charge in [-0.1, -0.05) is 19.1 Å². The molecule has 2 aromatic heterocycles. The fourth-order valence-corrected chi connectivity index (χ4v) is 2.94. The van der Waals surface area contributed by atoms with Crippen molar-refractivity contribution >= 4 is 22.4 Å². The summed E-state index contributed by atoms with van der Waals surface area (Å²) in [4.78, 5) is 9.21. The lowest BCUT2D eigenvalue weighted by molar-refractivity contribution is 0.747. The topological polar surface area (TPSA) is 30.7 Å². The quantitative estimate of drug-likeness (QED) is 0.720. The molecule has 2 heterocycles. The predicted molar refractivity (Wildman–Crippen MR) is 75.1 cm³/mol. The van der Waals surface area contributed by atoms with Crippen molar-refractivity contribution in [1.29, 1.82) is 0 Å². The lowest BCUT2D eigenvalue weighted by Crippen LogP contribution is -2.04. The molecule has 18 heavy (non-hydrogen) atoms. The number of rotatable bonds is 3. The zero-order chi connectivity index (χ0) is 12.5. The second kappa shape index (κ2) is 4.53. The second-order valence-corrected chi connectivity index (χ2v) is 5.28. The van der Waals surface area contributed by atoms with Gasteiger partial charge in [0, 0.05) is 17.5 Å². The summed E-state index contributed by atoms with van der Waals surface area (Å²) in [5.74, 6) is 1.13. The Morgan fingerprint density at radius 3 is 2.78 bits per heavy atom. The highest BCUT2D eigenvalue weighted by Crippen LogP contribution is 2.19. The third-order valence-electron chi connectivity index (χ3n) is 3.01. The van der Waals surface area contributed by atoms with Crippen LogP contribution in [0, 0.1) is 6.92 Å². The molecule has 0 radical (unpaired) electrons. The number of fused-ring (bicyclic) bond motifs is 1. The van der Waals surface area contributed by atoms with Gasteiger partial charge in [-0.15, -0.1) is 11.3 Å². The number of aryl methyl sites for hydroxylation is 2. The smallest absolute Gasteiger partial charge is 0.113 e. The highest BCUT2D eigenvalue weighted by atomic mass is 32.1. The molecule has 92 valence electrons. The fourth-order valence-electron chi connectivity index (χ4n) is 2.18. The standard InChI is InChI=1S/C14H15N3S/c1-3-13-16-11-6-4-5-7-12(11)17(13)8-14-15-10(2)9-18-14/h4-7,9H,3,8H2,1-2H3. The van der Waals surface area contributed by atoms with Gasteiger partial charge in [0.25, 0.3) is 0 Å². The molecule has 0 N–H and O–H groups in total. The van der Waals surface area contributed by atoms with E-state index in [1.54, 1.807) is 11.3 Å². The van der Waals surface area contributed by atoms with Crippen molar-refractivity contribution in [2.45, 2.75) is 26.8 Å². The first-order chi connectivity index (χ1) is 8.78. The highest BCUT2D eigenvalue weighted by Gasteiger charge is 2.10. The van der Waals surface area contributed by atoms with E-state index in [9.17, 15) is 0 Å². The van der Waals surface area contributed by atoms with Crippen LogP contribution in [0.5, 0.6) is 0 Å². The molecule has 0 spiro atoms. The van der Waals surface area contributed by atoms with Crippen molar-refractivity contribution in [2.24, 2.45) is 0 Å². The Morgan fingerprint density at radius 2 is 2.06 bits per heavy atom. The van der Waals surface area contributed by atoms with E-state index in [1.807, 2.05) is 13.0 Å². The molecule has 0 saturated carbocycles. The average molecular weight is 257 g/mol. The molecule has 0 unspecified atom stereocenters. The zero-order valence-electron chi connectivity index (χ0n) is 10.6. The monoisotopic (exact) mass is 257 g/mol. The normalized spacial score (nSPS) is 11.2. The Balaban J connectivity index is 2.09. The molecule has 0 amide bonds. The van der Waals surface area contributed by atoms with Crippen molar-refractivity contribution in [3.8, 4) is 0 Å². The van der Waals surface area contributed by atoms with Gasteiger partial charge in [0.05, 0.1) is 17.6 Å². The second-order valence-electron chi connectivity index (χ2n) is 4.34. The maximum absolute atomic E-state index is 4.67. The molecular formula is C14H15N3S. The van der Waals surface area contributed by atoms with E-state index < -0.39 is 0 Å². The number of benzene rings is 1. The number of nitrogens with zero attached hydrogens (tertiary/aromatic N) is 3. The van der Waals surface area contributed by atoms with E-state index in [0.717, 1.165) is 35.0 Å². The Bertz CT molecular complexity index is 681. The summed E-state index contributed by atoms with van der Waals surface area (Å²) in [7, 11) is 0. The molecule has 1 aromatic carbocycles. The first-order valence-corrected chi connectivity index (χ1v) is 7.01. The minimum Gasteiger partial charge on any atom is -0.321 e. The highest BCUT2D eigenvalue weighted by molar-refractivity contribution is 7.09. The van der Waals surface area contributed by atoms with Crippen molar-refractivity contribution < 1.29 is 0 Å². The molecule has 3 nitrogen and oxygen atoms in total. The average Bonchev–Trinajstić information content (AvgIpc) is 2.94. The molecular weight excluding hydrogens is 242 g/mol. The van der Waals surface area contributed by atoms with E-state index in [4.69, 9.17) is 0 Å². The van der Waals surface area contributed by atoms with Crippen LogP contribution in [0.4, 0.5) is 0 Å². The Kier molecular flexibility index (Phi) is 2.88. The largest absolute Gasteiger partial charge is 0.321 e. The molecule has 3 rings (SSSR count). The van der Waals surface area contributed by atoms with E-state index in [2.05, 4.69) is 45.0 Å². The van der Waals surface area contributed by atoms with Crippen LogP contribution in [0.15, 0.2) is 29.6 Å². The lowest BCUT2D eigenvalue weighted by atomic mass is 10.3. The lowest BCUT2D eigenvalue weighted by Gasteiger charge is -2.05. The first kappa shape index (κ1) is 11.4. The van der Waals surface area contributed by atoms with Crippen molar-refractivity contribution in [3.05, 3.63) is 46.2 Å². The number of hydrogen-bond donors (Lipinski definition) is 0. The van der Waals surface area contributed by atoms with Gasteiger partial charge < -0.3 is 4.57 Å². The van der Waals surface area contributed by atoms with Crippen LogP contribution < -0.4 is 0 Å². The molecule has 0 fully saturated rings. The fraction of sp³-hybridized carbons (Fsp3) is 0.286. The Hall–Kier alpha value is -1.68. The van der Waals surface area contributed by atoms with E-state index in [-0.39, 0.29) is 0 Å². The van der Waals surface area contributed by atoms with Crippen LogP contribution in [0.25, 0.3) is 11.0 Å². The number of imidazole rings is 1. The minimum absolute atomic E-state index is 0.822. The van der Waals surface area contributed by atoms with Crippen molar-refractivity contribution in [1.82, 2.24) is 14.5 Å². The van der Waals surface area contributed by atoms with Crippen LogP contribution >= 0.6 is 11.3 Å². The third-order valence-corrected chi connectivity index (χ3v) is 3.96. The molecule has 0 aliphatic heterocycles. The molecule has 0 bridgehead atoms. The van der Waals surface area contributed by atoms with Crippen LogP contribution in [0.3, 0.4) is 0 Å². The van der Waals surface area contributed by atoms with E-state index in [0.29, 0.717) is 0 Å². The SMILES string of the molecule is CCc1nc2ccccc2n1Cc1nc(C)cs1. The summed E-state index contributed by atoms with van der Waals surface area (Å²) < 4.78 is 2.27. The van der Waals surface area contributed by atoms with Gasteiger partial charge in [-0.3, -0.25) is 0 Å². The third kappa shape index (κ3) is 1.93. The summed E-state index contributed by atoms with van der Waals surface area (Å²) in [5.41, 5.74) is 3.36. The van der Waals surface area contributed by atoms with Crippen molar-refractivity contribution in [2.75, 3.05) is 0 Å². The molecule has 0 aliphatic rings. The summed E-state index contributed by atoms with van der Waals surface area (Å²) in [6.07, 6.45) is 0.943. The Morgan fingerprint density at radius 1 is 1.22 bits per heavy atom. The molecule has 0 aliphatic carbocycles. The van der Waals surface area contributed by atoms with Gasteiger partial charge >= 0.3 is 0 Å². The van der Waals surface area contributed by atoms with Crippen LogP contribution in [-0.4, -0.2) is 14.5 Å². The number of thiazole rings is 1. The van der Waals surface area contributed by atoms with E-state index in [1.165, 1.54) is 5.52 Å². The summed E-state index contributed by atoms with van der Waals surface area (Å²) in [5, 5.41) is 3.24. The summed E-state index contributed by atoms with van der Waals surface area (Å²) >= 11 is 1.72. The predicted octanol–water partition coefficient (Wildman–Crippen LogP) is 3.41. The van der Waals surface area contributed by atoms with Crippen molar-refractivity contribution in [3.63, 3.8) is 0 Å². The van der Waals surface area contributed by atoms with Crippen LogP contribution in [0.1, 0.15) is 23.4 Å². The van der Waals surface area contributed by atoms with Gasteiger partial charge in [-0.05, 0) is 19.1 Å². The van der Waals surface area contributed by atoms with Gasteiger partial charge in [-0.25, -0.2) is 9.97 Å². The summed E-state index contributed by atoms with van der Waals surface area (Å²) in [6, 6.07) is 8.29. The van der Waals surface area contributed by atoms with Gasteiger partial charge in [0.1, 0.15) is 10.8 Å². The Labute approximate surface area is 110 Å². The number of para-hydroxylation sites is 2.